The Labute approximate surface area is 101 Å². The molecule has 0 amide bonds. The largest absolute Gasteiger partial charge is 0.472 e. The molecule has 1 saturated carbocycles. The average Bonchev–Trinajstić information content (AvgIpc) is 2.48. The van der Waals surface area contributed by atoms with Crippen LogP contribution in [0.15, 0.2) is 18.3 Å². The van der Waals surface area contributed by atoms with E-state index < -0.39 is 0 Å². The van der Waals surface area contributed by atoms with E-state index in [0.717, 1.165) is 12.8 Å². The Hall–Kier alpha value is -0.800. The summed E-state index contributed by atoms with van der Waals surface area (Å²) in [4.78, 5) is 4.13. The van der Waals surface area contributed by atoms with Gasteiger partial charge in [-0.2, -0.15) is 0 Å². The van der Waals surface area contributed by atoms with Gasteiger partial charge >= 0.3 is 0 Å². The summed E-state index contributed by atoms with van der Waals surface area (Å²) in [5.41, 5.74) is 6.08. The summed E-state index contributed by atoms with van der Waals surface area (Å²) in [7, 11) is 0. The van der Waals surface area contributed by atoms with E-state index in [1.54, 1.807) is 18.3 Å². The van der Waals surface area contributed by atoms with Gasteiger partial charge in [-0.1, -0.05) is 24.4 Å². The van der Waals surface area contributed by atoms with Crippen molar-refractivity contribution in [1.29, 1.82) is 0 Å². The monoisotopic (exact) mass is 240 g/mol. The molecule has 0 bridgehead atoms. The lowest BCUT2D eigenvalue weighted by molar-refractivity contribution is 0.156. The first-order chi connectivity index (χ1) is 7.77. The predicted octanol–water partition coefficient (Wildman–Crippen LogP) is 2.77. The fraction of sp³-hybridized carbons (Fsp3) is 0.583. The van der Waals surface area contributed by atoms with Crippen LogP contribution in [0.1, 0.15) is 32.1 Å². The van der Waals surface area contributed by atoms with Gasteiger partial charge in [-0.3, -0.25) is 0 Å². The summed E-state index contributed by atoms with van der Waals surface area (Å²) < 4.78 is 5.81. The Morgan fingerprint density at radius 1 is 1.31 bits per heavy atom. The highest BCUT2D eigenvalue weighted by Crippen LogP contribution is 2.25. The minimum atomic E-state index is 0.0508. The van der Waals surface area contributed by atoms with Crippen LogP contribution in [0.2, 0.25) is 5.02 Å². The maximum Gasteiger partial charge on any atom is 0.232 e. The van der Waals surface area contributed by atoms with Gasteiger partial charge in [0.15, 0.2) is 0 Å². The zero-order valence-electron chi connectivity index (χ0n) is 9.23. The second-order valence-corrected chi connectivity index (χ2v) is 4.66. The van der Waals surface area contributed by atoms with Gasteiger partial charge in [0.25, 0.3) is 0 Å². The van der Waals surface area contributed by atoms with E-state index in [9.17, 15) is 0 Å². The molecule has 0 aromatic carbocycles. The first kappa shape index (κ1) is 11.7. The molecule has 88 valence electrons. The second kappa shape index (κ2) is 5.51. The third kappa shape index (κ3) is 2.86. The Morgan fingerprint density at radius 3 is 2.94 bits per heavy atom. The lowest BCUT2D eigenvalue weighted by atomic mass is 10.1. The molecule has 3 nitrogen and oxygen atoms in total. The average molecular weight is 241 g/mol. The Bertz CT molecular complexity index is 346. The lowest BCUT2D eigenvalue weighted by Gasteiger charge is -2.22. The summed E-state index contributed by atoms with van der Waals surface area (Å²) in [5.74, 6) is 0.506. The quantitative estimate of drug-likeness (QED) is 0.809. The Morgan fingerprint density at radius 2 is 2.12 bits per heavy atom. The van der Waals surface area contributed by atoms with E-state index >= 15 is 0 Å². The van der Waals surface area contributed by atoms with E-state index in [4.69, 9.17) is 22.1 Å². The smallest absolute Gasteiger partial charge is 0.232 e. The van der Waals surface area contributed by atoms with Gasteiger partial charge in [-0.15, -0.1) is 0 Å². The van der Waals surface area contributed by atoms with E-state index in [-0.39, 0.29) is 12.1 Å². The highest BCUT2D eigenvalue weighted by atomic mass is 35.5. The topological polar surface area (TPSA) is 48.1 Å². The number of ether oxygens (including phenoxy) is 1. The van der Waals surface area contributed by atoms with Crippen molar-refractivity contribution in [1.82, 2.24) is 4.98 Å². The van der Waals surface area contributed by atoms with Crippen molar-refractivity contribution in [3.63, 3.8) is 0 Å². The summed E-state index contributed by atoms with van der Waals surface area (Å²) in [6.07, 6.45) is 7.35. The van der Waals surface area contributed by atoms with Gasteiger partial charge in [0.05, 0.1) is 0 Å². The van der Waals surface area contributed by atoms with Crippen LogP contribution < -0.4 is 10.5 Å². The molecule has 2 unspecified atom stereocenters. The molecule has 1 aromatic rings. The molecule has 2 atom stereocenters. The Kier molecular flexibility index (Phi) is 4.02. The summed E-state index contributed by atoms with van der Waals surface area (Å²) in [6, 6.07) is 3.68. The molecule has 2 rings (SSSR count). The van der Waals surface area contributed by atoms with Gasteiger partial charge < -0.3 is 10.5 Å². The normalized spacial score (nSPS) is 26.1. The minimum absolute atomic E-state index is 0.0508. The van der Waals surface area contributed by atoms with Crippen molar-refractivity contribution in [3.8, 4) is 5.88 Å². The maximum atomic E-state index is 6.08. The molecule has 2 N–H and O–H groups in total. The molecule has 0 spiro atoms. The van der Waals surface area contributed by atoms with Crippen LogP contribution in [0.4, 0.5) is 0 Å². The summed E-state index contributed by atoms with van der Waals surface area (Å²) >= 11 is 6.00. The molecule has 16 heavy (non-hydrogen) atoms. The SMILES string of the molecule is NC1CCCCCC1Oc1ncccc1Cl. The van der Waals surface area contributed by atoms with Gasteiger partial charge in [0.2, 0.25) is 5.88 Å². The van der Waals surface area contributed by atoms with Gasteiger partial charge in [-0.25, -0.2) is 4.98 Å². The van der Waals surface area contributed by atoms with E-state index in [2.05, 4.69) is 4.98 Å². The van der Waals surface area contributed by atoms with Gasteiger partial charge in [0, 0.05) is 12.2 Å². The van der Waals surface area contributed by atoms with E-state index in [1.807, 2.05) is 0 Å². The van der Waals surface area contributed by atoms with Crippen molar-refractivity contribution >= 4 is 11.6 Å². The van der Waals surface area contributed by atoms with E-state index in [1.165, 1.54) is 19.3 Å². The van der Waals surface area contributed by atoms with Crippen LogP contribution in [-0.2, 0) is 0 Å². The zero-order chi connectivity index (χ0) is 11.4. The molecule has 1 fully saturated rings. The fourth-order valence-corrected chi connectivity index (χ4v) is 2.22. The number of nitrogens with two attached hydrogens (primary N) is 1. The van der Waals surface area contributed by atoms with Crippen LogP contribution >= 0.6 is 11.6 Å². The number of rotatable bonds is 2. The molecule has 1 aliphatic rings. The van der Waals surface area contributed by atoms with Gasteiger partial charge in [0.1, 0.15) is 11.1 Å². The van der Waals surface area contributed by atoms with Crippen LogP contribution in [0.25, 0.3) is 0 Å². The third-order valence-corrected chi connectivity index (χ3v) is 3.28. The standard InChI is InChI=1S/C12H17ClN2O/c13-9-5-4-8-15-12(9)16-11-7-3-1-2-6-10(11)14/h4-5,8,10-11H,1-3,6-7,14H2. The predicted molar refractivity (Wildman–Crippen MR) is 64.7 cm³/mol. The maximum absolute atomic E-state index is 6.08. The first-order valence-electron chi connectivity index (χ1n) is 5.80. The molecule has 0 saturated heterocycles. The van der Waals surface area contributed by atoms with Crippen molar-refractivity contribution in [3.05, 3.63) is 23.4 Å². The van der Waals surface area contributed by atoms with Gasteiger partial charge in [-0.05, 0) is 31.4 Å². The van der Waals surface area contributed by atoms with Crippen molar-refractivity contribution in [2.75, 3.05) is 0 Å². The summed E-state index contributed by atoms with van der Waals surface area (Å²) in [5, 5.41) is 0.555. The third-order valence-electron chi connectivity index (χ3n) is 2.99. The molecule has 1 aromatic heterocycles. The number of halogens is 1. The fourth-order valence-electron chi connectivity index (χ4n) is 2.05. The van der Waals surface area contributed by atoms with Crippen LogP contribution in [0, 0.1) is 0 Å². The molecule has 4 heteroatoms. The molecule has 0 aliphatic heterocycles. The second-order valence-electron chi connectivity index (χ2n) is 4.25. The van der Waals surface area contributed by atoms with E-state index in [0.29, 0.717) is 10.9 Å². The Balaban J connectivity index is 2.05. The first-order valence-corrected chi connectivity index (χ1v) is 6.18. The van der Waals surface area contributed by atoms with Crippen LogP contribution in [-0.4, -0.2) is 17.1 Å². The highest BCUT2D eigenvalue weighted by molar-refractivity contribution is 6.31. The zero-order valence-corrected chi connectivity index (χ0v) is 9.99. The number of aromatic nitrogens is 1. The lowest BCUT2D eigenvalue weighted by Crippen LogP contribution is -2.38. The van der Waals surface area contributed by atoms with Crippen molar-refractivity contribution < 1.29 is 4.74 Å². The molecular formula is C12H17ClN2O. The highest BCUT2D eigenvalue weighted by Gasteiger charge is 2.23. The van der Waals surface area contributed by atoms with Crippen LogP contribution in [0.5, 0.6) is 5.88 Å². The summed E-state index contributed by atoms with van der Waals surface area (Å²) in [6.45, 7) is 0. The van der Waals surface area contributed by atoms with Crippen molar-refractivity contribution in [2.45, 2.75) is 44.2 Å². The molecular weight excluding hydrogens is 224 g/mol. The molecule has 0 radical (unpaired) electrons. The molecule has 1 heterocycles. The number of nitrogens with zero attached hydrogens (tertiary/aromatic N) is 1. The number of pyridine rings is 1. The number of hydrogen-bond acceptors (Lipinski definition) is 3. The number of hydrogen-bond donors (Lipinski definition) is 1. The van der Waals surface area contributed by atoms with Crippen molar-refractivity contribution in [2.24, 2.45) is 5.73 Å². The minimum Gasteiger partial charge on any atom is -0.472 e. The van der Waals surface area contributed by atoms with Crippen LogP contribution in [0.3, 0.4) is 0 Å². The molecule has 1 aliphatic carbocycles.